The van der Waals surface area contributed by atoms with Crippen LogP contribution in [0.4, 0.5) is 0 Å². The Kier molecular flexibility index (Phi) is 11.0. The Hall–Kier alpha value is -2.69. The number of carbonyl (C=O) groups is 5. The van der Waals surface area contributed by atoms with Crippen LogP contribution < -0.4 is 16.0 Å². The molecule has 0 aromatic carbocycles. The van der Waals surface area contributed by atoms with Crippen LogP contribution in [0.15, 0.2) is 0 Å². The topological polar surface area (TPSA) is 148 Å². The highest BCUT2D eigenvalue weighted by atomic mass is 16.4. The van der Waals surface area contributed by atoms with Gasteiger partial charge in [-0.2, -0.15) is 0 Å². The van der Waals surface area contributed by atoms with E-state index in [-0.39, 0.29) is 40.1 Å². The minimum atomic E-state index is -1.09. The third-order valence-electron chi connectivity index (χ3n) is 12.9. The van der Waals surface area contributed by atoms with Crippen molar-refractivity contribution < 1.29 is 29.1 Å². The van der Waals surface area contributed by atoms with Crippen molar-refractivity contribution in [2.45, 2.75) is 170 Å². The van der Waals surface area contributed by atoms with Gasteiger partial charge in [0.25, 0.3) is 0 Å². The number of hydrogen-bond acceptors (Lipinski definition) is 6. The van der Waals surface area contributed by atoms with Gasteiger partial charge in [-0.1, -0.05) is 81.6 Å². The van der Waals surface area contributed by atoms with Crippen LogP contribution >= 0.6 is 0 Å². The summed E-state index contributed by atoms with van der Waals surface area (Å²) < 4.78 is 0. The number of carboxylic acids is 1. The Balaban J connectivity index is 1.62. The van der Waals surface area contributed by atoms with Gasteiger partial charge in [0.1, 0.15) is 24.2 Å². The third kappa shape index (κ3) is 6.98. The van der Waals surface area contributed by atoms with Crippen molar-refractivity contribution in [3.63, 3.8) is 0 Å². The Bertz CT molecular complexity index is 1290. The molecule has 4 fully saturated rings. The number of aliphatic carboxylic acids is 1. The lowest BCUT2D eigenvalue weighted by Gasteiger charge is -2.40. The first kappa shape index (κ1) is 39.1. The maximum atomic E-state index is 14.8. The van der Waals surface area contributed by atoms with E-state index in [4.69, 9.17) is 0 Å². The molecule has 4 N–H and O–H groups in total. The average Bonchev–Trinajstić information content (AvgIpc) is 3.20. The van der Waals surface area contributed by atoms with Gasteiger partial charge in [-0.05, 0) is 80.6 Å². The number of carbonyl (C=O) groups excluding carboxylic acids is 4. The Morgan fingerprint density at radius 2 is 1.41 bits per heavy atom. The molecule has 2 spiro atoms. The molecule has 2 heterocycles. The van der Waals surface area contributed by atoms with Gasteiger partial charge in [-0.25, -0.2) is 4.79 Å². The summed E-state index contributed by atoms with van der Waals surface area (Å²) in [6, 6.07) is -3.91. The van der Waals surface area contributed by atoms with Gasteiger partial charge in [0.05, 0.1) is 6.04 Å². The van der Waals surface area contributed by atoms with Crippen molar-refractivity contribution in [3.8, 4) is 0 Å². The Morgan fingerprint density at radius 1 is 0.816 bits per heavy atom. The van der Waals surface area contributed by atoms with E-state index in [1.54, 1.807) is 4.90 Å². The minimum Gasteiger partial charge on any atom is -0.480 e. The van der Waals surface area contributed by atoms with Crippen molar-refractivity contribution in [3.05, 3.63) is 0 Å². The number of carboxylic acid groups (broad SMARTS) is 1. The van der Waals surface area contributed by atoms with Crippen LogP contribution in [0.2, 0.25) is 0 Å². The number of rotatable bonds is 11. The molecule has 2 aliphatic carbocycles. The molecule has 0 aromatic heterocycles. The molecule has 278 valence electrons. The molecule has 2 saturated carbocycles. The van der Waals surface area contributed by atoms with E-state index >= 15 is 0 Å². The highest BCUT2D eigenvalue weighted by molar-refractivity contribution is 5.96. The van der Waals surface area contributed by atoms with E-state index < -0.39 is 52.8 Å². The lowest BCUT2D eigenvalue weighted by Crippen LogP contribution is -2.64. The summed E-state index contributed by atoms with van der Waals surface area (Å²) in [7, 11) is 0. The number of likely N-dealkylation sites (tertiary alicyclic amines) is 2. The standard InChI is InChI=1S/C38H65N5O6/c1-12-16-24(33(48)49)39-30(45)26-21-38(36(10,11)37(38)18-15-19-37)22-43(26)32(47)28(35(7,8)9)41-31(46)27(34(4,5)6)40-29(44)25-17-13-14-20-42(25)23(2)3/h23-28H,12-22H2,1-11H3,(H,39,45)(H,40,44)(H,41,46)(H,48,49)/t24-,25-,26+,27-,28+,38?/m1/s1. The zero-order valence-corrected chi connectivity index (χ0v) is 32.1. The molecule has 11 heteroatoms. The van der Waals surface area contributed by atoms with Gasteiger partial charge >= 0.3 is 5.97 Å². The van der Waals surface area contributed by atoms with E-state index in [9.17, 15) is 29.1 Å². The van der Waals surface area contributed by atoms with Crippen LogP contribution in [0.5, 0.6) is 0 Å². The fourth-order valence-corrected chi connectivity index (χ4v) is 9.69. The number of fused-ring (bicyclic) bond motifs is 1. The van der Waals surface area contributed by atoms with Crippen LogP contribution in [0, 0.1) is 27.1 Å². The van der Waals surface area contributed by atoms with Gasteiger partial charge < -0.3 is 26.0 Å². The molecular formula is C38H65N5O6. The molecule has 4 aliphatic rings. The van der Waals surface area contributed by atoms with Crippen molar-refractivity contribution in [1.82, 2.24) is 25.8 Å². The maximum absolute atomic E-state index is 14.8. The van der Waals surface area contributed by atoms with Gasteiger partial charge in [-0.3, -0.25) is 24.1 Å². The summed E-state index contributed by atoms with van der Waals surface area (Å²) in [5, 5.41) is 18.7. The maximum Gasteiger partial charge on any atom is 0.326 e. The highest BCUT2D eigenvalue weighted by Gasteiger charge is 2.85. The van der Waals surface area contributed by atoms with Crippen molar-refractivity contribution in [1.29, 1.82) is 0 Å². The second-order valence-electron chi connectivity index (χ2n) is 18.5. The first-order valence-corrected chi connectivity index (χ1v) is 18.8. The molecule has 4 rings (SSSR count). The fourth-order valence-electron chi connectivity index (χ4n) is 9.69. The first-order chi connectivity index (χ1) is 22.6. The lowest BCUT2D eigenvalue weighted by molar-refractivity contribution is -0.146. The summed E-state index contributed by atoms with van der Waals surface area (Å²) in [4.78, 5) is 72.6. The van der Waals surface area contributed by atoms with Crippen molar-refractivity contribution in [2.24, 2.45) is 27.1 Å². The molecule has 49 heavy (non-hydrogen) atoms. The normalized spacial score (nSPS) is 28.0. The van der Waals surface area contributed by atoms with E-state index in [2.05, 4.69) is 48.5 Å². The van der Waals surface area contributed by atoms with E-state index in [1.165, 1.54) is 0 Å². The number of hydrogen-bond donors (Lipinski definition) is 4. The molecular weight excluding hydrogens is 622 g/mol. The molecule has 1 unspecified atom stereocenters. The number of piperidine rings is 1. The quantitative estimate of drug-likeness (QED) is 0.251. The second-order valence-corrected chi connectivity index (χ2v) is 18.5. The summed E-state index contributed by atoms with van der Waals surface area (Å²) in [5.74, 6) is -2.52. The molecule has 11 nitrogen and oxygen atoms in total. The summed E-state index contributed by atoms with van der Waals surface area (Å²) in [6.45, 7) is 23.1. The smallest absolute Gasteiger partial charge is 0.326 e. The molecule has 2 saturated heterocycles. The van der Waals surface area contributed by atoms with Crippen molar-refractivity contribution in [2.75, 3.05) is 13.1 Å². The third-order valence-corrected chi connectivity index (χ3v) is 12.9. The van der Waals surface area contributed by atoms with Crippen LogP contribution in [-0.4, -0.2) is 93.8 Å². The summed E-state index contributed by atoms with van der Waals surface area (Å²) in [5.41, 5.74) is -1.66. The lowest BCUT2D eigenvalue weighted by atomic mass is 9.73. The zero-order chi connectivity index (χ0) is 36.9. The fraction of sp³-hybridized carbons (Fsp3) is 0.868. The van der Waals surface area contributed by atoms with Crippen LogP contribution in [-0.2, 0) is 24.0 Å². The predicted molar refractivity (Wildman–Crippen MR) is 189 cm³/mol. The molecule has 4 amide bonds. The summed E-state index contributed by atoms with van der Waals surface area (Å²) in [6.07, 6.45) is 7.26. The van der Waals surface area contributed by atoms with E-state index in [0.29, 0.717) is 25.8 Å². The molecule has 2 aliphatic heterocycles. The molecule has 6 atom stereocenters. The van der Waals surface area contributed by atoms with E-state index in [1.807, 2.05) is 48.5 Å². The van der Waals surface area contributed by atoms with Crippen LogP contribution in [0.1, 0.15) is 134 Å². The number of nitrogens with one attached hydrogen (secondary N) is 3. The Morgan fingerprint density at radius 3 is 1.88 bits per heavy atom. The van der Waals surface area contributed by atoms with Gasteiger partial charge in [0.15, 0.2) is 0 Å². The highest BCUT2D eigenvalue weighted by Crippen LogP contribution is 2.88. The van der Waals surface area contributed by atoms with Crippen LogP contribution in [0.25, 0.3) is 0 Å². The van der Waals surface area contributed by atoms with Gasteiger partial charge in [-0.15, -0.1) is 0 Å². The van der Waals surface area contributed by atoms with Gasteiger partial charge in [0, 0.05) is 18.0 Å². The zero-order valence-electron chi connectivity index (χ0n) is 32.1. The SMILES string of the molecule is CCC[C@@H](NC(=O)[C@@H]1CC2(CN1C(=O)[C@H](NC(=O)[C@@H](NC(=O)[C@H]1CCCCN1C(C)C)C(C)(C)C)C(C)(C)C)C(C)(C)C21CCC1)C(=O)O. The largest absolute Gasteiger partial charge is 0.480 e. The molecule has 0 radical (unpaired) electrons. The molecule has 0 aromatic rings. The Labute approximate surface area is 294 Å². The van der Waals surface area contributed by atoms with Crippen LogP contribution in [0.3, 0.4) is 0 Å². The number of amides is 4. The van der Waals surface area contributed by atoms with E-state index in [0.717, 1.165) is 45.1 Å². The number of nitrogens with zero attached hydrogens (tertiary/aromatic N) is 2. The van der Waals surface area contributed by atoms with Crippen molar-refractivity contribution >= 4 is 29.6 Å². The monoisotopic (exact) mass is 687 g/mol. The first-order valence-electron chi connectivity index (χ1n) is 18.8. The summed E-state index contributed by atoms with van der Waals surface area (Å²) >= 11 is 0. The average molecular weight is 688 g/mol. The molecule has 0 bridgehead atoms. The second kappa shape index (κ2) is 13.8. The van der Waals surface area contributed by atoms with Gasteiger partial charge in [0.2, 0.25) is 23.6 Å². The predicted octanol–water partition coefficient (Wildman–Crippen LogP) is 4.48. The minimum absolute atomic E-state index is 0.0499.